The highest BCUT2D eigenvalue weighted by atomic mass is 79.9. The molecule has 0 aromatic heterocycles. The van der Waals surface area contributed by atoms with Gasteiger partial charge in [0.1, 0.15) is 0 Å². The minimum atomic E-state index is 0.191. The van der Waals surface area contributed by atoms with Gasteiger partial charge >= 0.3 is 0 Å². The lowest BCUT2D eigenvalue weighted by molar-refractivity contribution is 0.122. The van der Waals surface area contributed by atoms with Crippen molar-refractivity contribution >= 4 is 21.6 Å². The number of benzene rings is 1. The van der Waals surface area contributed by atoms with E-state index in [-0.39, 0.29) is 6.04 Å². The molecule has 3 nitrogen and oxygen atoms in total. The molecule has 0 amide bonds. The summed E-state index contributed by atoms with van der Waals surface area (Å²) >= 11 is 3.54. The van der Waals surface area contributed by atoms with Crippen LogP contribution < -0.4 is 10.6 Å². The minimum Gasteiger partial charge on any atom is -0.378 e. The molecule has 0 saturated carbocycles. The van der Waals surface area contributed by atoms with Gasteiger partial charge in [-0.15, -0.1) is 0 Å². The average molecular weight is 299 g/mol. The number of nitrogens with zero attached hydrogens (tertiary/aromatic N) is 1. The quantitative estimate of drug-likeness (QED) is 0.929. The van der Waals surface area contributed by atoms with E-state index in [0.29, 0.717) is 0 Å². The van der Waals surface area contributed by atoms with Crippen molar-refractivity contribution in [3.05, 3.63) is 28.2 Å². The highest BCUT2D eigenvalue weighted by Gasteiger charge is 2.15. The van der Waals surface area contributed by atoms with Crippen molar-refractivity contribution in [1.29, 1.82) is 0 Å². The van der Waals surface area contributed by atoms with Crippen LogP contribution in [0, 0.1) is 0 Å². The number of hydrogen-bond acceptors (Lipinski definition) is 3. The highest BCUT2D eigenvalue weighted by molar-refractivity contribution is 9.10. The van der Waals surface area contributed by atoms with E-state index in [4.69, 9.17) is 10.5 Å². The topological polar surface area (TPSA) is 38.5 Å². The number of rotatable bonds is 3. The smallest absolute Gasteiger partial charge is 0.0642 e. The van der Waals surface area contributed by atoms with Gasteiger partial charge in [0.05, 0.1) is 13.2 Å². The van der Waals surface area contributed by atoms with Gasteiger partial charge in [0.2, 0.25) is 0 Å². The molecule has 1 aliphatic heterocycles. The standard InChI is InChI=1S/C13H19BrN2O/c1-10(15)8-11-2-3-12(14)9-13(11)16-4-6-17-7-5-16/h2-3,9-10H,4-8,15H2,1H3. The lowest BCUT2D eigenvalue weighted by Gasteiger charge is -2.31. The molecule has 0 radical (unpaired) electrons. The Bertz CT molecular complexity index is 376. The Balaban J connectivity index is 2.25. The number of nitrogens with two attached hydrogens (primary N) is 1. The summed E-state index contributed by atoms with van der Waals surface area (Å²) in [5, 5.41) is 0. The predicted octanol–water partition coefficient (Wildman–Crippen LogP) is 2.18. The van der Waals surface area contributed by atoms with Crippen LogP contribution in [0.3, 0.4) is 0 Å². The Kier molecular flexibility index (Phi) is 4.42. The maximum Gasteiger partial charge on any atom is 0.0642 e. The van der Waals surface area contributed by atoms with Crippen LogP contribution >= 0.6 is 15.9 Å². The molecule has 1 heterocycles. The SMILES string of the molecule is CC(N)Cc1ccc(Br)cc1N1CCOCC1. The third-order valence-electron chi connectivity index (χ3n) is 2.94. The summed E-state index contributed by atoms with van der Waals surface area (Å²) in [5.41, 5.74) is 8.52. The molecule has 2 rings (SSSR count). The van der Waals surface area contributed by atoms with E-state index >= 15 is 0 Å². The normalized spacial score (nSPS) is 18.2. The first kappa shape index (κ1) is 12.9. The zero-order valence-corrected chi connectivity index (χ0v) is 11.7. The molecule has 1 aromatic carbocycles. The van der Waals surface area contributed by atoms with E-state index in [0.717, 1.165) is 37.2 Å². The Hall–Kier alpha value is -0.580. The highest BCUT2D eigenvalue weighted by Crippen LogP contribution is 2.26. The third-order valence-corrected chi connectivity index (χ3v) is 3.43. The van der Waals surface area contributed by atoms with Crippen LogP contribution in [0.25, 0.3) is 0 Å². The molecule has 1 unspecified atom stereocenters. The van der Waals surface area contributed by atoms with Crippen molar-refractivity contribution in [3.8, 4) is 0 Å². The van der Waals surface area contributed by atoms with Gasteiger partial charge in [-0.2, -0.15) is 0 Å². The van der Waals surface area contributed by atoms with Gasteiger partial charge in [0.25, 0.3) is 0 Å². The van der Waals surface area contributed by atoms with Crippen LogP contribution in [0.5, 0.6) is 0 Å². The average Bonchev–Trinajstić information content (AvgIpc) is 2.32. The predicted molar refractivity (Wildman–Crippen MR) is 74.5 cm³/mol. The van der Waals surface area contributed by atoms with Crippen molar-refractivity contribution in [3.63, 3.8) is 0 Å². The van der Waals surface area contributed by atoms with E-state index in [2.05, 4.69) is 39.0 Å². The number of anilines is 1. The van der Waals surface area contributed by atoms with E-state index in [1.165, 1.54) is 11.3 Å². The zero-order chi connectivity index (χ0) is 12.3. The van der Waals surface area contributed by atoms with E-state index in [1.807, 2.05) is 6.92 Å². The van der Waals surface area contributed by atoms with Crippen LogP contribution in [0.15, 0.2) is 22.7 Å². The van der Waals surface area contributed by atoms with Crippen molar-refractivity contribution in [2.45, 2.75) is 19.4 Å². The fourth-order valence-corrected chi connectivity index (χ4v) is 2.50. The fourth-order valence-electron chi connectivity index (χ4n) is 2.16. The first-order valence-corrected chi connectivity index (χ1v) is 6.83. The van der Waals surface area contributed by atoms with E-state index in [1.54, 1.807) is 0 Å². The monoisotopic (exact) mass is 298 g/mol. The molecule has 2 N–H and O–H groups in total. The van der Waals surface area contributed by atoms with Crippen molar-refractivity contribution in [1.82, 2.24) is 0 Å². The third kappa shape index (κ3) is 3.44. The lowest BCUT2D eigenvalue weighted by atomic mass is 10.0. The van der Waals surface area contributed by atoms with Crippen LogP contribution in [0.1, 0.15) is 12.5 Å². The Morgan fingerprint density at radius 3 is 2.76 bits per heavy atom. The zero-order valence-electron chi connectivity index (χ0n) is 10.2. The van der Waals surface area contributed by atoms with E-state index in [9.17, 15) is 0 Å². The van der Waals surface area contributed by atoms with Crippen molar-refractivity contribution in [2.24, 2.45) is 5.73 Å². The molecule has 0 bridgehead atoms. The summed E-state index contributed by atoms with van der Waals surface area (Å²) in [6, 6.07) is 6.62. The summed E-state index contributed by atoms with van der Waals surface area (Å²) in [6.45, 7) is 5.59. The Labute approximate surface area is 111 Å². The van der Waals surface area contributed by atoms with Crippen molar-refractivity contribution < 1.29 is 4.74 Å². The first-order valence-electron chi connectivity index (χ1n) is 6.03. The molecule has 94 valence electrons. The second-order valence-electron chi connectivity index (χ2n) is 4.55. The van der Waals surface area contributed by atoms with Crippen LogP contribution in [-0.4, -0.2) is 32.3 Å². The molecule has 0 aliphatic carbocycles. The molecule has 17 heavy (non-hydrogen) atoms. The second-order valence-corrected chi connectivity index (χ2v) is 5.47. The molecule has 1 atom stereocenters. The van der Waals surface area contributed by atoms with Gasteiger partial charge < -0.3 is 15.4 Å². The summed E-state index contributed by atoms with van der Waals surface area (Å²) in [6.07, 6.45) is 0.917. The summed E-state index contributed by atoms with van der Waals surface area (Å²) < 4.78 is 6.51. The maximum atomic E-state index is 5.91. The minimum absolute atomic E-state index is 0.191. The molecule has 1 aliphatic rings. The van der Waals surface area contributed by atoms with Gasteiger partial charge in [-0.05, 0) is 31.0 Å². The summed E-state index contributed by atoms with van der Waals surface area (Å²) in [4.78, 5) is 2.38. The van der Waals surface area contributed by atoms with Crippen molar-refractivity contribution in [2.75, 3.05) is 31.2 Å². The van der Waals surface area contributed by atoms with E-state index < -0.39 is 0 Å². The molecular formula is C13H19BrN2O. The number of halogens is 1. The lowest BCUT2D eigenvalue weighted by Crippen LogP contribution is -2.37. The Morgan fingerprint density at radius 1 is 1.41 bits per heavy atom. The van der Waals surface area contributed by atoms with Crippen LogP contribution in [-0.2, 0) is 11.2 Å². The van der Waals surface area contributed by atoms with Gasteiger partial charge in [0.15, 0.2) is 0 Å². The maximum absolute atomic E-state index is 5.91. The molecule has 1 aromatic rings. The summed E-state index contributed by atoms with van der Waals surface area (Å²) in [5.74, 6) is 0. The number of morpholine rings is 1. The first-order chi connectivity index (χ1) is 8.16. The molecule has 4 heteroatoms. The second kappa shape index (κ2) is 5.85. The van der Waals surface area contributed by atoms with Gasteiger partial charge in [-0.1, -0.05) is 22.0 Å². The van der Waals surface area contributed by atoms with Crippen LogP contribution in [0.2, 0.25) is 0 Å². The molecule has 1 saturated heterocycles. The van der Waals surface area contributed by atoms with Gasteiger partial charge in [-0.3, -0.25) is 0 Å². The summed E-state index contributed by atoms with van der Waals surface area (Å²) in [7, 11) is 0. The van der Waals surface area contributed by atoms with Crippen LogP contribution in [0.4, 0.5) is 5.69 Å². The molecule has 0 spiro atoms. The Morgan fingerprint density at radius 2 is 2.12 bits per heavy atom. The molecule has 1 fully saturated rings. The fraction of sp³-hybridized carbons (Fsp3) is 0.538. The largest absolute Gasteiger partial charge is 0.378 e. The van der Waals surface area contributed by atoms with Gasteiger partial charge in [-0.25, -0.2) is 0 Å². The number of hydrogen-bond donors (Lipinski definition) is 1. The molecular weight excluding hydrogens is 280 g/mol. The van der Waals surface area contributed by atoms with Gasteiger partial charge in [0, 0.05) is 29.3 Å². The number of ether oxygens (including phenoxy) is 1.